The normalized spacial score (nSPS) is 21.6. The van der Waals surface area contributed by atoms with E-state index in [4.69, 9.17) is 0 Å². The third-order valence-corrected chi connectivity index (χ3v) is 5.93. The van der Waals surface area contributed by atoms with E-state index in [0.29, 0.717) is 37.3 Å². The van der Waals surface area contributed by atoms with E-state index >= 15 is 0 Å². The number of nitrogens with zero attached hydrogens (tertiary/aromatic N) is 5. The number of amides is 3. The van der Waals surface area contributed by atoms with Gasteiger partial charge >= 0.3 is 0 Å². The number of anilines is 1. The molecule has 0 bridgehead atoms. The summed E-state index contributed by atoms with van der Waals surface area (Å²) in [6.07, 6.45) is 4.05. The Kier molecular flexibility index (Phi) is 5.05. The Balaban J connectivity index is 1.55. The minimum absolute atomic E-state index is 0.0316. The van der Waals surface area contributed by atoms with Crippen LogP contribution in [0.2, 0.25) is 0 Å². The third kappa shape index (κ3) is 3.67. The molecular weight excluding hydrogens is 389 g/mol. The summed E-state index contributed by atoms with van der Waals surface area (Å²) in [6.45, 7) is 2.54. The van der Waals surface area contributed by atoms with Crippen molar-refractivity contribution in [1.82, 2.24) is 19.6 Å². The van der Waals surface area contributed by atoms with E-state index in [1.165, 1.54) is 19.1 Å². The lowest BCUT2D eigenvalue weighted by Gasteiger charge is -2.47. The number of carbonyl (C=O) groups excluding carboxylic acids is 3. The van der Waals surface area contributed by atoms with Crippen LogP contribution in [0.25, 0.3) is 0 Å². The molecule has 0 saturated carbocycles. The van der Waals surface area contributed by atoms with Crippen LogP contribution < -0.4 is 4.90 Å². The maximum absolute atomic E-state index is 13.4. The van der Waals surface area contributed by atoms with Crippen LogP contribution in [0, 0.1) is 5.82 Å². The highest BCUT2D eigenvalue weighted by molar-refractivity contribution is 5.98. The van der Waals surface area contributed by atoms with Crippen LogP contribution in [-0.4, -0.2) is 69.0 Å². The van der Waals surface area contributed by atoms with Crippen molar-refractivity contribution < 1.29 is 18.8 Å². The van der Waals surface area contributed by atoms with Gasteiger partial charge in [0.25, 0.3) is 0 Å². The van der Waals surface area contributed by atoms with Crippen molar-refractivity contribution in [2.45, 2.75) is 25.3 Å². The van der Waals surface area contributed by atoms with Crippen LogP contribution in [-0.2, 0) is 27.9 Å². The number of likely N-dealkylation sites (tertiary alicyclic amines) is 1. The monoisotopic (exact) mass is 413 g/mol. The fourth-order valence-corrected chi connectivity index (χ4v) is 4.44. The topological polar surface area (TPSA) is 78.8 Å². The molecule has 3 heterocycles. The summed E-state index contributed by atoms with van der Waals surface area (Å²) < 4.78 is 15.1. The number of rotatable bonds is 3. The Morgan fingerprint density at radius 3 is 2.73 bits per heavy atom. The van der Waals surface area contributed by atoms with E-state index in [1.807, 2.05) is 0 Å². The lowest BCUT2D eigenvalue weighted by molar-refractivity contribution is -0.143. The Bertz CT molecular complexity index is 1010. The van der Waals surface area contributed by atoms with Gasteiger partial charge in [0.1, 0.15) is 12.4 Å². The minimum Gasteiger partial charge on any atom is -0.340 e. The predicted octanol–water partition coefficient (Wildman–Crippen LogP) is 0.968. The molecule has 2 aliphatic heterocycles. The van der Waals surface area contributed by atoms with Gasteiger partial charge in [-0.25, -0.2) is 4.39 Å². The Morgan fingerprint density at radius 1 is 1.27 bits per heavy atom. The Hall–Kier alpha value is -3.23. The first-order chi connectivity index (χ1) is 14.3. The number of hydrogen-bond acceptors (Lipinski definition) is 4. The summed E-state index contributed by atoms with van der Waals surface area (Å²) in [7, 11) is 1.78. The minimum atomic E-state index is -0.646. The molecule has 30 heavy (non-hydrogen) atoms. The molecule has 3 amide bonds. The number of halogens is 1. The van der Waals surface area contributed by atoms with Gasteiger partial charge in [-0.2, -0.15) is 5.10 Å². The van der Waals surface area contributed by atoms with E-state index in [-0.39, 0.29) is 36.5 Å². The van der Waals surface area contributed by atoms with Crippen LogP contribution in [0.4, 0.5) is 10.1 Å². The fraction of sp³-hybridized carbons (Fsp3) is 0.429. The van der Waals surface area contributed by atoms with Crippen molar-refractivity contribution in [3.63, 3.8) is 0 Å². The molecule has 2 aromatic rings. The highest BCUT2D eigenvalue weighted by Gasteiger charge is 2.51. The molecule has 8 nitrogen and oxygen atoms in total. The second-order valence-electron chi connectivity index (χ2n) is 8.05. The van der Waals surface area contributed by atoms with E-state index in [0.717, 1.165) is 0 Å². The van der Waals surface area contributed by atoms with Crippen LogP contribution >= 0.6 is 0 Å². The van der Waals surface area contributed by atoms with Gasteiger partial charge in [-0.05, 0) is 24.1 Å². The molecular formula is C21H24FN5O3. The zero-order valence-corrected chi connectivity index (χ0v) is 17.0. The number of aryl methyl sites for hydroxylation is 1. The van der Waals surface area contributed by atoms with Gasteiger partial charge in [0.05, 0.1) is 30.4 Å². The molecule has 1 spiro atoms. The average molecular weight is 413 g/mol. The third-order valence-electron chi connectivity index (χ3n) is 5.93. The summed E-state index contributed by atoms with van der Waals surface area (Å²) in [4.78, 5) is 42.9. The Labute approximate surface area is 173 Å². The number of benzene rings is 1. The number of carbonyl (C=O) groups is 3. The molecule has 4 rings (SSSR count). The second-order valence-corrected chi connectivity index (χ2v) is 8.05. The van der Waals surface area contributed by atoms with E-state index in [1.54, 1.807) is 51.0 Å². The van der Waals surface area contributed by atoms with E-state index < -0.39 is 5.54 Å². The van der Waals surface area contributed by atoms with Crippen LogP contribution in [0.3, 0.4) is 0 Å². The van der Waals surface area contributed by atoms with Crippen LogP contribution in [0.5, 0.6) is 0 Å². The number of aromatic nitrogens is 2. The summed E-state index contributed by atoms with van der Waals surface area (Å²) in [5.74, 6) is -0.855. The van der Waals surface area contributed by atoms with E-state index in [9.17, 15) is 18.8 Å². The first-order valence-electron chi connectivity index (χ1n) is 9.87. The first-order valence-corrected chi connectivity index (χ1v) is 9.87. The quantitative estimate of drug-likeness (QED) is 0.751. The van der Waals surface area contributed by atoms with Gasteiger partial charge in [-0.1, -0.05) is 12.1 Å². The van der Waals surface area contributed by atoms with Gasteiger partial charge in [0, 0.05) is 33.3 Å². The SMILES string of the molecule is CC(=O)N1CC(=O)N(c2cnn(C)c2)C[C@@]12CCN(C(=O)Cc1cccc(F)c1)C2. The Morgan fingerprint density at radius 2 is 2.07 bits per heavy atom. The highest BCUT2D eigenvalue weighted by atomic mass is 19.1. The highest BCUT2D eigenvalue weighted by Crippen LogP contribution is 2.34. The maximum Gasteiger partial charge on any atom is 0.246 e. The number of piperazine rings is 1. The first kappa shape index (κ1) is 20.1. The second kappa shape index (κ2) is 7.55. The zero-order valence-electron chi connectivity index (χ0n) is 17.0. The molecule has 1 aromatic carbocycles. The van der Waals surface area contributed by atoms with Gasteiger partial charge < -0.3 is 14.7 Å². The molecule has 0 aliphatic carbocycles. The molecule has 2 fully saturated rings. The smallest absolute Gasteiger partial charge is 0.246 e. The maximum atomic E-state index is 13.4. The molecule has 1 aromatic heterocycles. The lowest BCUT2D eigenvalue weighted by atomic mass is 9.92. The summed E-state index contributed by atoms with van der Waals surface area (Å²) in [6, 6.07) is 6.00. The predicted molar refractivity (Wildman–Crippen MR) is 107 cm³/mol. The summed E-state index contributed by atoms with van der Waals surface area (Å²) in [5.41, 5.74) is 0.641. The van der Waals surface area contributed by atoms with Gasteiger partial charge in [0.2, 0.25) is 17.7 Å². The van der Waals surface area contributed by atoms with Crippen molar-refractivity contribution in [2.24, 2.45) is 7.05 Å². The van der Waals surface area contributed by atoms with Crippen molar-refractivity contribution >= 4 is 23.4 Å². The van der Waals surface area contributed by atoms with Crippen molar-refractivity contribution in [3.05, 3.63) is 48.0 Å². The molecule has 0 unspecified atom stereocenters. The lowest BCUT2D eigenvalue weighted by Crippen LogP contribution is -2.67. The molecule has 0 radical (unpaired) electrons. The molecule has 9 heteroatoms. The molecule has 0 N–H and O–H groups in total. The average Bonchev–Trinajstić information content (AvgIpc) is 3.30. The largest absolute Gasteiger partial charge is 0.340 e. The van der Waals surface area contributed by atoms with Gasteiger partial charge in [0.15, 0.2) is 0 Å². The summed E-state index contributed by atoms with van der Waals surface area (Å²) >= 11 is 0. The molecule has 1 atom stereocenters. The van der Waals surface area contributed by atoms with Crippen LogP contribution in [0.1, 0.15) is 18.9 Å². The molecule has 2 saturated heterocycles. The summed E-state index contributed by atoms with van der Waals surface area (Å²) in [5, 5.41) is 4.14. The molecule has 158 valence electrons. The van der Waals surface area contributed by atoms with Crippen molar-refractivity contribution in [1.29, 1.82) is 0 Å². The van der Waals surface area contributed by atoms with Crippen molar-refractivity contribution in [3.8, 4) is 0 Å². The standard InChI is InChI=1S/C21H24FN5O3/c1-15(28)27-12-20(30)26(18-10-23-24(2)11-18)14-21(27)6-7-25(13-21)19(29)9-16-4-3-5-17(22)8-16/h3-5,8,10-11H,6-7,9,12-14H2,1-2H3/t21-/m0/s1. The van der Waals surface area contributed by atoms with Crippen molar-refractivity contribution in [2.75, 3.05) is 31.1 Å². The number of hydrogen-bond donors (Lipinski definition) is 0. The van der Waals surface area contributed by atoms with Gasteiger partial charge in [-0.3, -0.25) is 19.1 Å². The molecule has 2 aliphatic rings. The van der Waals surface area contributed by atoms with Crippen LogP contribution in [0.15, 0.2) is 36.7 Å². The fourth-order valence-electron chi connectivity index (χ4n) is 4.44. The van der Waals surface area contributed by atoms with E-state index in [2.05, 4.69) is 5.10 Å². The zero-order chi connectivity index (χ0) is 21.5. The van der Waals surface area contributed by atoms with Gasteiger partial charge in [-0.15, -0.1) is 0 Å².